The number of para-hydroxylation sites is 3. The van der Waals surface area contributed by atoms with Crippen molar-refractivity contribution >= 4 is 28.3 Å². The average Bonchev–Trinajstić information content (AvgIpc) is 2.59. The molecule has 0 aliphatic rings. The fourth-order valence-corrected chi connectivity index (χ4v) is 2.35. The molecule has 0 radical (unpaired) electrons. The highest BCUT2D eigenvalue weighted by Gasteiger charge is 2.27. The summed E-state index contributed by atoms with van der Waals surface area (Å²) in [5.41, 5.74) is -0.532. The lowest BCUT2D eigenvalue weighted by Crippen LogP contribution is -2.24. The van der Waals surface area contributed by atoms with Gasteiger partial charge in [-0.25, -0.2) is 4.79 Å². The molecule has 2 N–H and O–H groups in total. The van der Waals surface area contributed by atoms with Crippen molar-refractivity contribution in [3.63, 3.8) is 0 Å². The van der Waals surface area contributed by atoms with Gasteiger partial charge in [0.15, 0.2) is 0 Å². The van der Waals surface area contributed by atoms with Gasteiger partial charge in [-0.15, -0.1) is 0 Å². The second-order valence-corrected chi connectivity index (χ2v) is 5.45. The largest absolute Gasteiger partial charge is 0.422 e. The third-order valence-electron chi connectivity index (χ3n) is 3.54. The van der Waals surface area contributed by atoms with Gasteiger partial charge in [-0.1, -0.05) is 30.3 Å². The van der Waals surface area contributed by atoms with Crippen molar-refractivity contribution in [2.45, 2.75) is 6.18 Å². The molecule has 0 spiro atoms. The van der Waals surface area contributed by atoms with Crippen molar-refractivity contribution in [3.05, 3.63) is 70.6 Å². The topological polar surface area (TPSA) is 71.3 Å². The molecule has 0 aliphatic carbocycles. The summed E-state index contributed by atoms with van der Waals surface area (Å²) in [6.07, 6.45) is -4.41. The molecule has 0 atom stereocenters. The Labute approximate surface area is 145 Å². The Kier molecular flexibility index (Phi) is 4.66. The number of carbonyl (C=O) groups excluding carboxylic acids is 1. The highest BCUT2D eigenvalue weighted by molar-refractivity contribution is 6.06. The Balaban J connectivity index is 1.87. The molecule has 1 aromatic heterocycles. The summed E-state index contributed by atoms with van der Waals surface area (Å²) in [4.78, 5) is 24.4. The van der Waals surface area contributed by atoms with E-state index in [0.717, 1.165) is 0 Å². The number of hydrogen-bond donors (Lipinski definition) is 2. The minimum absolute atomic E-state index is 0.0864. The number of halogens is 3. The summed E-state index contributed by atoms with van der Waals surface area (Å²) in [5.74, 6) is -0.772. The summed E-state index contributed by atoms with van der Waals surface area (Å²) in [6.45, 7) is -1.25. The molecule has 3 rings (SSSR count). The van der Waals surface area contributed by atoms with E-state index in [-0.39, 0.29) is 16.9 Å². The normalized spacial score (nSPS) is 11.3. The van der Waals surface area contributed by atoms with Crippen LogP contribution in [-0.2, 0) is 0 Å². The van der Waals surface area contributed by atoms with E-state index in [2.05, 4.69) is 10.6 Å². The molecular weight excluding hydrogens is 349 g/mol. The van der Waals surface area contributed by atoms with Gasteiger partial charge in [-0.05, 0) is 24.3 Å². The van der Waals surface area contributed by atoms with Crippen molar-refractivity contribution in [3.8, 4) is 0 Å². The Bertz CT molecular complexity index is 1010. The summed E-state index contributed by atoms with van der Waals surface area (Å²) in [5, 5.41) is 5.21. The van der Waals surface area contributed by atoms with Gasteiger partial charge in [0.05, 0.1) is 11.4 Å². The van der Waals surface area contributed by atoms with Gasteiger partial charge in [0.1, 0.15) is 17.7 Å². The van der Waals surface area contributed by atoms with Crippen LogP contribution in [0.1, 0.15) is 10.4 Å². The van der Waals surface area contributed by atoms with Crippen molar-refractivity contribution in [2.75, 3.05) is 17.2 Å². The molecular formula is C18H13F3N2O3. The minimum atomic E-state index is -4.41. The number of fused-ring (bicyclic) bond motifs is 1. The Hall–Kier alpha value is -3.29. The number of carbonyl (C=O) groups is 1. The smallest absolute Gasteiger partial charge is 0.405 e. The van der Waals surface area contributed by atoms with Gasteiger partial charge in [-0.3, -0.25) is 4.79 Å². The van der Waals surface area contributed by atoms with E-state index in [4.69, 9.17) is 4.42 Å². The van der Waals surface area contributed by atoms with Gasteiger partial charge < -0.3 is 15.1 Å². The lowest BCUT2D eigenvalue weighted by Gasteiger charge is -2.14. The van der Waals surface area contributed by atoms with E-state index in [0.29, 0.717) is 11.0 Å². The maximum Gasteiger partial charge on any atom is 0.405 e. The standard InChI is InChI=1S/C18H13F3N2O3/c19-18(20,21)10-22-13-6-2-3-7-14(13)23-16(24)12-9-11-5-1-4-8-15(11)26-17(12)25/h1-9,22H,10H2,(H,23,24). The van der Waals surface area contributed by atoms with E-state index in [1.807, 2.05) is 0 Å². The van der Waals surface area contributed by atoms with Crippen LogP contribution in [-0.4, -0.2) is 18.6 Å². The predicted molar refractivity (Wildman–Crippen MR) is 91.4 cm³/mol. The number of hydrogen-bond acceptors (Lipinski definition) is 4. The Morgan fingerprint density at radius 2 is 1.65 bits per heavy atom. The van der Waals surface area contributed by atoms with Crippen LogP contribution < -0.4 is 16.3 Å². The third-order valence-corrected chi connectivity index (χ3v) is 3.54. The van der Waals surface area contributed by atoms with E-state index in [1.54, 1.807) is 30.3 Å². The molecule has 8 heteroatoms. The molecule has 0 unspecified atom stereocenters. The van der Waals surface area contributed by atoms with E-state index < -0.39 is 24.3 Å². The van der Waals surface area contributed by atoms with Crippen LogP contribution in [0.3, 0.4) is 0 Å². The molecule has 0 fully saturated rings. The van der Waals surface area contributed by atoms with Crippen molar-refractivity contribution < 1.29 is 22.4 Å². The van der Waals surface area contributed by atoms with Crippen molar-refractivity contribution in [1.82, 2.24) is 0 Å². The molecule has 5 nitrogen and oxygen atoms in total. The van der Waals surface area contributed by atoms with Crippen LogP contribution in [0.5, 0.6) is 0 Å². The molecule has 2 aromatic carbocycles. The number of amides is 1. The number of alkyl halides is 3. The second-order valence-electron chi connectivity index (χ2n) is 5.45. The highest BCUT2D eigenvalue weighted by atomic mass is 19.4. The van der Waals surface area contributed by atoms with Crippen LogP contribution in [0.4, 0.5) is 24.5 Å². The number of rotatable bonds is 4. The highest BCUT2D eigenvalue weighted by Crippen LogP contribution is 2.24. The quantitative estimate of drug-likeness (QED) is 0.688. The Morgan fingerprint density at radius 1 is 1.00 bits per heavy atom. The summed E-state index contributed by atoms with van der Waals surface area (Å²) >= 11 is 0. The van der Waals surface area contributed by atoms with Crippen LogP contribution in [0.25, 0.3) is 11.0 Å². The predicted octanol–water partition coefficient (Wildman–Crippen LogP) is 4.02. The van der Waals surface area contributed by atoms with E-state index in [1.165, 1.54) is 24.3 Å². The second kappa shape index (κ2) is 6.91. The zero-order valence-electron chi connectivity index (χ0n) is 13.3. The van der Waals surface area contributed by atoms with Gasteiger partial charge >= 0.3 is 11.8 Å². The first-order chi connectivity index (χ1) is 12.3. The molecule has 134 valence electrons. The molecule has 1 amide bonds. The molecule has 26 heavy (non-hydrogen) atoms. The van der Waals surface area contributed by atoms with Crippen molar-refractivity contribution in [2.24, 2.45) is 0 Å². The number of nitrogens with one attached hydrogen (secondary N) is 2. The van der Waals surface area contributed by atoms with Crippen LogP contribution in [0, 0.1) is 0 Å². The fourth-order valence-electron chi connectivity index (χ4n) is 2.35. The van der Waals surface area contributed by atoms with E-state index >= 15 is 0 Å². The summed E-state index contributed by atoms with van der Waals surface area (Å²) < 4.78 is 42.3. The molecule has 0 saturated carbocycles. The Morgan fingerprint density at radius 3 is 2.38 bits per heavy atom. The average molecular weight is 362 g/mol. The zero-order chi connectivity index (χ0) is 18.7. The van der Waals surface area contributed by atoms with Gasteiger partial charge in [0.2, 0.25) is 0 Å². The molecule has 3 aromatic rings. The van der Waals surface area contributed by atoms with Crippen molar-refractivity contribution in [1.29, 1.82) is 0 Å². The molecule has 0 bridgehead atoms. The number of benzene rings is 2. The summed E-state index contributed by atoms with van der Waals surface area (Å²) in [6, 6.07) is 14.0. The van der Waals surface area contributed by atoms with Gasteiger partial charge in [0.25, 0.3) is 5.91 Å². The first-order valence-corrected chi connectivity index (χ1v) is 7.57. The summed E-state index contributed by atoms with van der Waals surface area (Å²) in [7, 11) is 0. The maximum atomic E-state index is 12.4. The van der Waals surface area contributed by atoms with Gasteiger partial charge in [-0.2, -0.15) is 13.2 Å². The first-order valence-electron chi connectivity index (χ1n) is 7.57. The SMILES string of the molecule is O=C(Nc1ccccc1NCC(F)(F)F)c1cc2ccccc2oc1=O. The monoisotopic (exact) mass is 362 g/mol. The molecule has 1 heterocycles. The first kappa shape index (κ1) is 17.5. The molecule has 0 aliphatic heterocycles. The zero-order valence-corrected chi connectivity index (χ0v) is 13.3. The van der Waals surface area contributed by atoms with Gasteiger partial charge in [0, 0.05) is 5.39 Å². The maximum absolute atomic E-state index is 12.4. The van der Waals surface area contributed by atoms with Crippen LogP contribution >= 0.6 is 0 Å². The molecule has 0 saturated heterocycles. The fraction of sp³-hybridized carbons (Fsp3) is 0.111. The number of anilines is 2. The van der Waals surface area contributed by atoms with E-state index in [9.17, 15) is 22.8 Å². The lowest BCUT2D eigenvalue weighted by molar-refractivity contribution is -0.115. The minimum Gasteiger partial charge on any atom is -0.422 e. The lowest BCUT2D eigenvalue weighted by atomic mass is 10.1. The van der Waals surface area contributed by atoms with Crippen LogP contribution in [0.2, 0.25) is 0 Å². The third kappa shape index (κ3) is 4.02. The van der Waals surface area contributed by atoms with Crippen LogP contribution in [0.15, 0.2) is 63.8 Å².